The molecule has 25 heavy (non-hydrogen) atoms. The second-order valence-corrected chi connectivity index (χ2v) is 5.64. The van der Waals surface area contributed by atoms with E-state index in [1.165, 1.54) is 17.0 Å². The second-order valence-electron chi connectivity index (χ2n) is 5.64. The number of imide groups is 1. The smallest absolute Gasteiger partial charge is 0.287 e. The zero-order valence-electron chi connectivity index (χ0n) is 13.3. The first kappa shape index (κ1) is 16.6. The number of nitro groups is 1. The highest BCUT2D eigenvalue weighted by molar-refractivity contribution is 6.06. The van der Waals surface area contributed by atoms with Gasteiger partial charge in [-0.25, -0.2) is 4.98 Å². The number of hydrogen-bond acceptors (Lipinski definition) is 6. The van der Waals surface area contributed by atoms with Gasteiger partial charge in [-0.1, -0.05) is 30.3 Å². The van der Waals surface area contributed by atoms with E-state index in [1.807, 2.05) is 30.3 Å². The number of carbonyl (C=O) groups excluding carboxylic acids is 2. The number of aromatic nitrogens is 1. The molecule has 2 heterocycles. The summed E-state index contributed by atoms with van der Waals surface area (Å²) in [4.78, 5) is 39.8. The van der Waals surface area contributed by atoms with Crippen LogP contribution >= 0.6 is 0 Å². The van der Waals surface area contributed by atoms with Crippen LogP contribution in [0.25, 0.3) is 0 Å². The molecule has 8 heteroatoms. The maximum absolute atomic E-state index is 12.5. The van der Waals surface area contributed by atoms with Gasteiger partial charge in [-0.2, -0.15) is 0 Å². The molecule has 3 rings (SSSR count). The largest absolute Gasteiger partial charge is 0.368 e. The van der Waals surface area contributed by atoms with Crippen molar-refractivity contribution >= 4 is 23.3 Å². The lowest BCUT2D eigenvalue weighted by Gasteiger charge is -2.15. The van der Waals surface area contributed by atoms with Gasteiger partial charge in [0.2, 0.25) is 11.8 Å². The van der Waals surface area contributed by atoms with Gasteiger partial charge < -0.3 is 5.32 Å². The monoisotopic (exact) mass is 340 g/mol. The van der Waals surface area contributed by atoms with E-state index in [4.69, 9.17) is 0 Å². The van der Waals surface area contributed by atoms with Crippen molar-refractivity contribution in [2.24, 2.45) is 0 Å². The minimum atomic E-state index is -0.526. The highest BCUT2D eigenvalue weighted by Gasteiger charge is 2.38. The van der Waals surface area contributed by atoms with Crippen molar-refractivity contribution in [2.45, 2.75) is 12.3 Å². The topological polar surface area (TPSA) is 105 Å². The Bertz CT molecular complexity index is 792. The molecule has 1 atom stereocenters. The van der Waals surface area contributed by atoms with Gasteiger partial charge >= 0.3 is 0 Å². The molecule has 1 unspecified atom stereocenters. The first-order chi connectivity index (χ1) is 12.1. The Balaban J connectivity index is 1.57. The lowest BCUT2D eigenvalue weighted by atomic mass is 9.98. The van der Waals surface area contributed by atoms with Crippen LogP contribution in [0.3, 0.4) is 0 Å². The number of benzene rings is 1. The molecule has 1 aliphatic rings. The third kappa shape index (κ3) is 3.63. The van der Waals surface area contributed by atoms with Crippen molar-refractivity contribution in [3.8, 4) is 0 Å². The van der Waals surface area contributed by atoms with Crippen LogP contribution in [0.1, 0.15) is 17.9 Å². The molecule has 1 N–H and O–H groups in total. The van der Waals surface area contributed by atoms with Gasteiger partial charge in [0, 0.05) is 25.6 Å². The van der Waals surface area contributed by atoms with E-state index >= 15 is 0 Å². The van der Waals surface area contributed by atoms with Crippen molar-refractivity contribution < 1.29 is 14.5 Å². The van der Waals surface area contributed by atoms with Crippen LogP contribution < -0.4 is 5.32 Å². The summed E-state index contributed by atoms with van der Waals surface area (Å²) in [6, 6.07) is 12.1. The Morgan fingerprint density at radius 1 is 1.20 bits per heavy atom. The van der Waals surface area contributed by atoms with E-state index in [0.717, 1.165) is 11.8 Å². The molecule has 2 aromatic rings. The maximum atomic E-state index is 12.5. The van der Waals surface area contributed by atoms with E-state index in [9.17, 15) is 19.7 Å². The van der Waals surface area contributed by atoms with E-state index in [1.54, 1.807) is 0 Å². The lowest BCUT2D eigenvalue weighted by molar-refractivity contribution is -0.385. The highest BCUT2D eigenvalue weighted by Crippen LogP contribution is 2.29. The van der Waals surface area contributed by atoms with Gasteiger partial charge in [-0.05, 0) is 11.6 Å². The summed E-state index contributed by atoms with van der Waals surface area (Å²) in [7, 11) is 0. The predicted octanol–water partition coefficient (Wildman–Crippen LogP) is 1.94. The molecule has 0 radical (unpaired) electrons. The second kappa shape index (κ2) is 7.08. The summed E-state index contributed by atoms with van der Waals surface area (Å²) in [5.74, 6) is -0.373. The SMILES string of the molecule is O=C1CC(c2ccccc2)C(=O)N1CCNc1ccc([N+](=O)[O-])cn1. The molecule has 0 spiro atoms. The number of carbonyl (C=O) groups is 2. The molecular weight excluding hydrogens is 324 g/mol. The first-order valence-corrected chi connectivity index (χ1v) is 7.79. The van der Waals surface area contributed by atoms with Crippen LogP contribution in [0.4, 0.5) is 11.5 Å². The predicted molar refractivity (Wildman–Crippen MR) is 89.9 cm³/mol. The molecular formula is C17H16N4O4. The quantitative estimate of drug-likeness (QED) is 0.489. The van der Waals surface area contributed by atoms with Crippen LogP contribution in [0, 0.1) is 10.1 Å². The minimum absolute atomic E-state index is 0.0962. The molecule has 0 aliphatic carbocycles. The third-order valence-corrected chi connectivity index (χ3v) is 4.05. The fourth-order valence-corrected chi connectivity index (χ4v) is 2.76. The molecule has 1 fully saturated rings. The number of rotatable bonds is 6. The normalized spacial score (nSPS) is 17.0. The van der Waals surface area contributed by atoms with Gasteiger partial charge in [0.1, 0.15) is 12.0 Å². The molecule has 128 valence electrons. The van der Waals surface area contributed by atoms with Gasteiger partial charge in [-0.15, -0.1) is 0 Å². The molecule has 1 saturated heterocycles. The fraction of sp³-hybridized carbons (Fsp3) is 0.235. The summed E-state index contributed by atoms with van der Waals surface area (Å²) in [6.07, 6.45) is 1.33. The Morgan fingerprint density at radius 2 is 1.96 bits per heavy atom. The van der Waals surface area contributed by atoms with Crippen molar-refractivity contribution in [3.05, 3.63) is 64.3 Å². The van der Waals surface area contributed by atoms with Crippen LogP contribution in [-0.4, -0.2) is 39.7 Å². The van der Waals surface area contributed by atoms with E-state index in [0.29, 0.717) is 12.4 Å². The first-order valence-electron chi connectivity index (χ1n) is 7.79. The Morgan fingerprint density at radius 3 is 2.60 bits per heavy atom. The number of likely N-dealkylation sites (tertiary alicyclic amines) is 1. The van der Waals surface area contributed by atoms with Gasteiger partial charge in [-0.3, -0.25) is 24.6 Å². The summed E-state index contributed by atoms with van der Waals surface area (Å²) < 4.78 is 0. The van der Waals surface area contributed by atoms with E-state index < -0.39 is 10.8 Å². The summed E-state index contributed by atoms with van der Waals surface area (Å²) in [5, 5.41) is 13.5. The standard InChI is InChI=1S/C17H16N4O4/c22-16-10-14(12-4-2-1-3-5-12)17(23)20(16)9-8-18-15-7-6-13(11-19-15)21(24)25/h1-7,11,14H,8-10H2,(H,18,19). The van der Waals surface area contributed by atoms with Crippen molar-refractivity contribution in [3.63, 3.8) is 0 Å². The lowest BCUT2D eigenvalue weighted by Crippen LogP contribution is -2.34. The van der Waals surface area contributed by atoms with E-state index in [2.05, 4.69) is 10.3 Å². The van der Waals surface area contributed by atoms with Crippen molar-refractivity contribution in [1.82, 2.24) is 9.88 Å². The zero-order chi connectivity index (χ0) is 17.8. The summed E-state index contributed by atoms with van der Waals surface area (Å²) in [6.45, 7) is 0.545. The maximum Gasteiger partial charge on any atom is 0.287 e. The fourth-order valence-electron chi connectivity index (χ4n) is 2.76. The summed E-state index contributed by atoms with van der Waals surface area (Å²) in [5.41, 5.74) is 0.745. The van der Waals surface area contributed by atoms with Gasteiger partial charge in [0.25, 0.3) is 5.69 Å². The number of pyridine rings is 1. The zero-order valence-corrected chi connectivity index (χ0v) is 13.3. The molecule has 1 aromatic carbocycles. The van der Waals surface area contributed by atoms with E-state index in [-0.39, 0.29) is 30.5 Å². The van der Waals surface area contributed by atoms with Crippen LogP contribution in [0.2, 0.25) is 0 Å². The number of nitrogens with zero attached hydrogens (tertiary/aromatic N) is 3. The molecule has 1 aromatic heterocycles. The van der Waals surface area contributed by atoms with Crippen molar-refractivity contribution in [1.29, 1.82) is 0 Å². The van der Waals surface area contributed by atoms with Crippen molar-refractivity contribution in [2.75, 3.05) is 18.4 Å². The molecule has 1 aliphatic heterocycles. The molecule has 0 bridgehead atoms. The number of nitrogens with one attached hydrogen (secondary N) is 1. The highest BCUT2D eigenvalue weighted by atomic mass is 16.6. The minimum Gasteiger partial charge on any atom is -0.368 e. The average Bonchev–Trinajstić information content (AvgIpc) is 2.91. The van der Waals surface area contributed by atoms with Crippen LogP contribution in [0.15, 0.2) is 48.7 Å². The summed E-state index contributed by atoms with van der Waals surface area (Å²) >= 11 is 0. The van der Waals surface area contributed by atoms with Crippen LogP contribution in [0.5, 0.6) is 0 Å². The molecule has 8 nitrogen and oxygen atoms in total. The number of anilines is 1. The average molecular weight is 340 g/mol. The Labute approximate surface area is 143 Å². The molecule has 0 saturated carbocycles. The van der Waals surface area contributed by atoms with Gasteiger partial charge in [0.05, 0.1) is 10.8 Å². The third-order valence-electron chi connectivity index (χ3n) is 4.05. The Hall–Kier alpha value is -3.29. The van der Waals surface area contributed by atoms with Crippen LogP contribution in [-0.2, 0) is 9.59 Å². The number of amides is 2. The Kier molecular flexibility index (Phi) is 4.69. The molecule has 2 amide bonds. The van der Waals surface area contributed by atoms with Gasteiger partial charge in [0.15, 0.2) is 0 Å². The number of hydrogen-bond donors (Lipinski definition) is 1.